The molecule has 3 aromatic rings. The van der Waals surface area contributed by atoms with Crippen molar-refractivity contribution in [2.24, 2.45) is 7.05 Å². The van der Waals surface area contributed by atoms with Gasteiger partial charge in [0.1, 0.15) is 16.5 Å². The van der Waals surface area contributed by atoms with Crippen LogP contribution in [0.3, 0.4) is 0 Å². The Hall–Kier alpha value is -2.78. The van der Waals surface area contributed by atoms with Crippen LogP contribution in [0.5, 0.6) is 5.75 Å². The molecule has 0 radical (unpaired) electrons. The van der Waals surface area contributed by atoms with Gasteiger partial charge < -0.3 is 4.74 Å². The maximum Gasteiger partial charge on any atom is 0.246 e. The highest BCUT2D eigenvalue weighted by Crippen LogP contribution is 2.34. The molecule has 1 aliphatic heterocycles. The van der Waals surface area contributed by atoms with Crippen LogP contribution in [0.25, 0.3) is 11.1 Å². The van der Waals surface area contributed by atoms with Crippen molar-refractivity contribution in [1.82, 2.24) is 19.1 Å². The van der Waals surface area contributed by atoms with Crippen LogP contribution in [0, 0.1) is 12.7 Å². The van der Waals surface area contributed by atoms with E-state index < -0.39 is 15.8 Å². The van der Waals surface area contributed by atoms with Crippen molar-refractivity contribution in [2.45, 2.75) is 30.6 Å². The molecule has 1 saturated heterocycles. The molecule has 164 valence electrons. The molecule has 0 bridgehead atoms. The Labute approximate surface area is 181 Å². The number of aryl methyl sites for hydroxylation is 2. The number of sulfonamides is 1. The molecule has 0 N–H and O–H groups in total. The number of aromatic nitrogens is 3. The molecule has 0 unspecified atom stereocenters. The van der Waals surface area contributed by atoms with Crippen molar-refractivity contribution in [1.29, 1.82) is 0 Å². The van der Waals surface area contributed by atoms with Gasteiger partial charge in [-0.05, 0) is 55.7 Å². The molecule has 1 aliphatic rings. The van der Waals surface area contributed by atoms with Crippen LogP contribution in [-0.2, 0) is 17.1 Å². The minimum absolute atomic E-state index is 0.0570. The molecule has 1 aromatic carbocycles. The molecule has 0 amide bonds. The van der Waals surface area contributed by atoms with Crippen LogP contribution >= 0.6 is 0 Å². The summed E-state index contributed by atoms with van der Waals surface area (Å²) in [6, 6.07) is 7.55. The average Bonchev–Trinajstić information content (AvgIpc) is 3.20. The second-order valence-corrected chi connectivity index (χ2v) is 9.73. The van der Waals surface area contributed by atoms with Gasteiger partial charge in [0.2, 0.25) is 10.0 Å². The Morgan fingerprint density at radius 1 is 1.19 bits per heavy atom. The highest BCUT2D eigenvalue weighted by molar-refractivity contribution is 7.89. The van der Waals surface area contributed by atoms with Gasteiger partial charge in [-0.15, -0.1) is 0 Å². The monoisotopic (exact) mass is 444 g/mol. The maximum absolute atomic E-state index is 13.8. The van der Waals surface area contributed by atoms with Crippen molar-refractivity contribution >= 4 is 10.0 Å². The summed E-state index contributed by atoms with van der Waals surface area (Å²) in [5, 5.41) is 4.23. The van der Waals surface area contributed by atoms with E-state index in [1.807, 2.05) is 32.3 Å². The number of pyridine rings is 1. The summed E-state index contributed by atoms with van der Waals surface area (Å²) in [5.74, 6) is -0.538. The van der Waals surface area contributed by atoms with Crippen molar-refractivity contribution < 1.29 is 17.5 Å². The van der Waals surface area contributed by atoms with Crippen molar-refractivity contribution in [3.63, 3.8) is 0 Å². The van der Waals surface area contributed by atoms with Crippen LogP contribution in [0.15, 0.2) is 47.6 Å². The molecular formula is C22H25FN4O3S. The quantitative estimate of drug-likeness (QED) is 0.602. The SMILES string of the molecule is COc1ccc(F)cc1S(=O)(=O)N1CCC[C@@H](c2cc(-c3cnn(C)c3)cc(C)n2)C1. The van der Waals surface area contributed by atoms with Crippen molar-refractivity contribution in [3.8, 4) is 16.9 Å². The number of halogens is 1. The van der Waals surface area contributed by atoms with Crippen LogP contribution in [0.2, 0.25) is 0 Å². The summed E-state index contributed by atoms with van der Waals surface area (Å²) in [6.07, 6.45) is 5.26. The highest BCUT2D eigenvalue weighted by atomic mass is 32.2. The number of hydrogen-bond acceptors (Lipinski definition) is 5. The molecule has 7 nitrogen and oxygen atoms in total. The van der Waals surface area contributed by atoms with E-state index in [0.717, 1.165) is 35.0 Å². The van der Waals surface area contributed by atoms with E-state index in [2.05, 4.69) is 5.10 Å². The predicted octanol–water partition coefficient (Wildman–Crippen LogP) is 3.51. The number of nitrogens with zero attached hydrogens (tertiary/aromatic N) is 4. The van der Waals surface area contributed by atoms with E-state index in [4.69, 9.17) is 9.72 Å². The van der Waals surface area contributed by atoms with E-state index in [1.54, 1.807) is 10.9 Å². The number of ether oxygens (including phenoxy) is 1. The zero-order chi connectivity index (χ0) is 22.2. The van der Waals surface area contributed by atoms with Gasteiger partial charge in [0.15, 0.2) is 0 Å². The summed E-state index contributed by atoms with van der Waals surface area (Å²) >= 11 is 0. The lowest BCUT2D eigenvalue weighted by Crippen LogP contribution is -2.39. The molecular weight excluding hydrogens is 419 g/mol. The predicted molar refractivity (Wildman–Crippen MR) is 115 cm³/mol. The van der Waals surface area contributed by atoms with Crippen molar-refractivity contribution in [3.05, 3.63) is 59.9 Å². The van der Waals surface area contributed by atoms with E-state index in [0.29, 0.717) is 13.0 Å². The molecule has 0 saturated carbocycles. The fraction of sp³-hybridized carbons (Fsp3) is 0.364. The Morgan fingerprint density at radius 3 is 2.71 bits per heavy atom. The second-order valence-electron chi connectivity index (χ2n) is 7.82. The van der Waals surface area contributed by atoms with E-state index in [9.17, 15) is 12.8 Å². The maximum atomic E-state index is 13.8. The zero-order valence-corrected chi connectivity index (χ0v) is 18.6. The first-order chi connectivity index (χ1) is 14.8. The van der Waals surface area contributed by atoms with Gasteiger partial charge in [-0.2, -0.15) is 9.40 Å². The Morgan fingerprint density at radius 2 is 2.00 bits per heavy atom. The molecule has 0 aliphatic carbocycles. The van der Waals surface area contributed by atoms with Gasteiger partial charge in [0.05, 0.1) is 13.3 Å². The van der Waals surface area contributed by atoms with E-state index in [-0.39, 0.29) is 23.1 Å². The third kappa shape index (κ3) is 4.33. The molecule has 3 heterocycles. The number of benzene rings is 1. The second kappa shape index (κ2) is 8.39. The summed E-state index contributed by atoms with van der Waals surface area (Å²) in [6.45, 7) is 2.59. The van der Waals surface area contributed by atoms with Crippen molar-refractivity contribution in [2.75, 3.05) is 20.2 Å². The van der Waals surface area contributed by atoms with Gasteiger partial charge in [-0.3, -0.25) is 9.67 Å². The molecule has 9 heteroatoms. The Balaban J connectivity index is 1.65. The first-order valence-electron chi connectivity index (χ1n) is 10.1. The standard InChI is InChI=1S/C22H25FN4O3S/c1-15-9-17(18-12-24-26(2)13-18)10-20(25-15)16-5-4-8-27(14-16)31(28,29)22-11-19(23)6-7-21(22)30-3/h6-7,9-13,16H,4-5,8,14H2,1-3H3/t16-/m1/s1. The van der Waals surface area contributed by atoms with Crippen LogP contribution in [0.1, 0.15) is 30.1 Å². The molecule has 2 aromatic heterocycles. The van der Waals surface area contributed by atoms with Crippen LogP contribution in [0.4, 0.5) is 4.39 Å². The van der Waals surface area contributed by atoms with Gasteiger partial charge in [0.25, 0.3) is 0 Å². The lowest BCUT2D eigenvalue weighted by atomic mass is 9.93. The first-order valence-corrected chi connectivity index (χ1v) is 11.5. The van der Waals surface area contributed by atoms with Gasteiger partial charge in [-0.1, -0.05) is 0 Å². The third-order valence-corrected chi connectivity index (χ3v) is 7.44. The van der Waals surface area contributed by atoms with Gasteiger partial charge in [-0.25, -0.2) is 12.8 Å². The normalized spacial score (nSPS) is 17.6. The molecule has 1 atom stereocenters. The number of piperidine rings is 1. The fourth-order valence-corrected chi connectivity index (χ4v) is 5.72. The molecule has 31 heavy (non-hydrogen) atoms. The molecule has 0 spiro atoms. The van der Waals surface area contributed by atoms with E-state index >= 15 is 0 Å². The number of hydrogen-bond donors (Lipinski definition) is 0. The summed E-state index contributed by atoms with van der Waals surface area (Å²) in [7, 11) is -0.669. The smallest absolute Gasteiger partial charge is 0.246 e. The first kappa shape index (κ1) is 21.5. The van der Waals surface area contributed by atoms with Gasteiger partial charge >= 0.3 is 0 Å². The Bertz CT molecular complexity index is 1210. The lowest BCUT2D eigenvalue weighted by Gasteiger charge is -2.32. The third-order valence-electron chi connectivity index (χ3n) is 5.56. The topological polar surface area (TPSA) is 77.3 Å². The van der Waals surface area contributed by atoms with E-state index in [1.165, 1.54) is 23.5 Å². The largest absolute Gasteiger partial charge is 0.495 e. The summed E-state index contributed by atoms with van der Waals surface area (Å²) < 4.78 is 48.8. The summed E-state index contributed by atoms with van der Waals surface area (Å²) in [4.78, 5) is 4.54. The fourth-order valence-electron chi connectivity index (χ4n) is 4.03. The summed E-state index contributed by atoms with van der Waals surface area (Å²) in [5.41, 5.74) is 3.70. The molecule has 4 rings (SSSR count). The van der Waals surface area contributed by atoms with Crippen LogP contribution < -0.4 is 4.74 Å². The Kier molecular flexibility index (Phi) is 5.81. The average molecular weight is 445 g/mol. The van der Waals surface area contributed by atoms with Gasteiger partial charge in [0, 0.05) is 49.2 Å². The lowest BCUT2D eigenvalue weighted by molar-refractivity contribution is 0.310. The minimum atomic E-state index is -3.91. The zero-order valence-electron chi connectivity index (χ0n) is 17.7. The minimum Gasteiger partial charge on any atom is -0.495 e. The number of methoxy groups -OCH3 is 1. The highest BCUT2D eigenvalue weighted by Gasteiger charge is 2.33. The molecule has 1 fully saturated rings. The van der Waals surface area contributed by atoms with Crippen LogP contribution in [-0.4, -0.2) is 47.7 Å². The number of rotatable bonds is 5.